The summed E-state index contributed by atoms with van der Waals surface area (Å²) in [6.45, 7) is 0.345. The zero-order valence-electron chi connectivity index (χ0n) is 9.99. The summed E-state index contributed by atoms with van der Waals surface area (Å²) in [7, 11) is 1.61. The number of aromatic nitrogens is 1. The van der Waals surface area contributed by atoms with Crippen LogP contribution < -0.4 is 9.47 Å². The van der Waals surface area contributed by atoms with Crippen LogP contribution in [-0.2, 0) is 6.61 Å². The first-order chi connectivity index (χ1) is 9.10. The molecule has 3 nitrogen and oxygen atoms in total. The van der Waals surface area contributed by atoms with Crippen molar-refractivity contribution < 1.29 is 9.47 Å². The van der Waals surface area contributed by atoms with Gasteiger partial charge in [-0.15, -0.1) is 0 Å². The molecule has 19 heavy (non-hydrogen) atoms. The molecular formula is C13H10Br2ClNO2. The number of halogens is 3. The normalized spacial score (nSPS) is 10.3. The Bertz CT molecular complexity index is 593. The van der Waals surface area contributed by atoms with E-state index in [1.54, 1.807) is 13.2 Å². The first-order valence-corrected chi connectivity index (χ1v) is 7.34. The third kappa shape index (κ3) is 3.84. The average Bonchev–Trinajstić information content (AvgIpc) is 2.39. The standard InChI is InChI=1S/C13H10Br2ClNO2/c1-18-11-5-10(15)12(6-9(11)14)19-7-8-3-2-4-13(16)17-8/h2-6H,7H2,1H3. The van der Waals surface area contributed by atoms with Crippen LogP contribution in [-0.4, -0.2) is 12.1 Å². The summed E-state index contributed by atoms with van der Waals surface area (Å²) in [5.41, 5.74) is 0.770. The van der Waals surface area contributed by atoms with Crippen molar-refractivity contribution in [2.75, 3.05) is 7.11 Å². The molecule has 0 aliphatic carbocycles. The largest absolute Gasteiger partial charge is 0.496 e. The second kappa shape index (κ2) is 6.59. The Labute approximate surface area is 133 Å². The van der Waals surface area contributed by atoms with Crippen molar-refractivity contribution in [1.82, 2.24) is 4.98 Å². The van der Waals surface area contributed by atoms with E-state index in [-0.39, 0.29) is 0 Å². The van der Waals surface area contributed by atoms with Gasteiger partial charge in [0.2, 0.25) is 0 Å². The van der Waals surface area contributed by atoms with Gasteiger partial charge in [0.1, 0.15) is 23.3 Å². The van der Waals surface area contributed by atoms with E-state index in [2.05, 4.69) is 36.8 Å². The molecule has 0 bridgehead atoms. The molecule has 0 aliphatic heterocycles. The molecule has 0 amide bonds. The SMILES string of the molecule is COc1cc(Br)c(OCc2cccc(Cl)n2)cc1Br. The molecule has 100 valence electrons. The number of benzene rings is 1. The second-order valence-electron chi connectivity index (χ2n) is 3.66. The predicted molar refractivity (Wildman–Crippen MR) is 82.0 cm³/mol. The van der Waals surface area contributed by atoms with Crippen LogP contribution in [0.4, 0.5) is 0 Å². The third-order valence-electron chi connectivity index (χ3n) is 2.35. The van der Waals surface area contributed by atoms with Crippen LogP contribution in [0.2, 0.25) is 5.15 Å². The third-order valence-corrected chi connectivity index (χ3v) is 3.80. The van der Waals surface area contributed by atoms with Crippen LogP contribution in [0, 0.1) is 0 Å². The fourth-order valence-corrected chi connectivity index (χ4v) is 2.56. The quantitative estimate of drug-likeness (QED) is 0.679. The molecule has 1 heterocycles. The number of pyridine rings is 1. The summed E-state index contributed by atoms with van der Waals surface area (Å²) in [6, 6.07) is 9.11. The lowest BCUT2D eigenvalue weighted by Crippen LogP contribution is -1.99. The van der Waals surface area contributed by atoms with Gasteiger partial charge in [-0.3, -0.25) is 0 Å². The maximum Gasteiger partial charge on any atom is 0.135 e. The summed E-state index contributed by atoms with van der Waals surface area (Å²) in [5.74, 6) is 1.44. The van der Waals surface area contributed by atoms with Gasteiger partial charge >= 0.3 is 0 Å². The maximum atomic E-state index is 5.82. The van der Waals surface area contributed by atoms with Gasteiger partial charge in [-0.25, -0.2) is 4.98 Å². The van der Waals surface area contributed by atoms with Gasteiger partial charge in [0.25, 0.3) is 0 Å². The first-order valence-electron chi connectivity index (χ1n) is 5.37. The molecule has 0 saturated heterocycles. The summed E-state index contributed by atoms with van der Waals surface area (Å²) in [6.07, 6.45) is 0. The van der Waals surface area contributed by atoms with E-state index in [9.17, 15) is 0 Å². The van der Waals surface area contributed by atoms with Crippen LogP contribution in [0.3, 0.4) is 0 Å². The number of hydrogen-bond donors (Lipinski definition) is 0. The van der Waals surface area contributed by atoms with Crippen molar-refractivity contribution in [2.24, 2.45) is 0 Å². The summed E-state index contributed by atoms with van der Waals surface area (Å²) in [5, 5.41) is 0.455. The Kier molecular flexibility index (Phi) is 5.07. The predicted octanol–water partition coefficient (Wildman–Crippen LogP) is 4.85. The lowest BCUT2D eigenvalue weighted by Gasteiger charge is -2.11. The van der Waals surface area contributed by atoms with E-state index in [1.165, 1.54) is 0 Å². The Morgan fingerprint density at radius 2 is 1.84 bits per heavy atom. The average molecular weight is 407 g/mol. The summed E-state index contributed by atoms with van der Waals surface area (Å²) < 4.78 is 12.5. The van der Waals surface area contributed by atoms with Crippen LogP contribution in [0.15, 0.2) is 39.3 Å². The molecule has 2 rings (SSSR count). The summed E-state index contributed by atoms with van der Waals surface area (Å²) >= 11 is 12.7. The fourth-order valence-electron chi connectivity index (χ4n) is 1.46. The number of hydrogen-bond acceptors (Lipinski definition) is 3. The number of nitrogens with zero attached hydrogens (tertiary/aromatic N) is 1. The van der Waals surface area contributed by atoms with Gasteiger partial charge in [-0.05, 0) is 56.1 Å². The van der Waals surface area contributed by atoms with Crippen LogP contribution in [0.25, 0.3) is 0 Å². The first kappa shape index (κ1) is 14.6. The molecule has 0 atom stereocenters. The molecule has 0 saturated carbocycles. The van der Waals surface area contributed by atoms with Gasteiger partial charge in [0.15, 0.2) is 0 Å². The van der Waals surface area contributed by atoms with E-state index in [0.29, 0.717) is 17.5 Å². The van der Waals surface area contributed by atoms with E-state index in [4.69, 9.17) is 21.1 Å². The van der Waals surface area contributed by atoms with Crippen molar-refractivity contribution >= 4 is 43.5 Å². The molecule has 1 aromatic carbocycles. The highest BCUT2D eigenvalue weighted by Gasteiger charge is 2.08. The van der Waals surface area contributed by atoms with E-state index < -0.39 is 0 Å². The topological polar surface area (TPSA) is 31.4 Å². The van der Waals surface area contributed by atoms with Crippen molar-refractivity contribution in [3.63, 3.8) is 0 Å². The highest BCUT2D eigenvalue weighted by Crippen LogP contribution is 2.36. The maximum absolute atomic E-state index is 5.82. The van der Waals surface area contributed by atoms with Gasteiger partial charge in [-0.1, -0.05) is 17.7 Å². The van der Waals surface area contributed by atoms with Crippen LogP contribution in [0.5, 0.6) is 11.5 Å². The molecule has 0 N–H and O–H groups in total. The van der Waals surface area contributed by atoms with Crippen LogP contribution in [0.1, 0.15) is 5.69 Å². The Morgan fingerprint density at radius 1 is 1.16 bits per heavy atom. The molecule has 0 spiro atoms. The van der Waals surface area contributed by atoms with Crippen molar-refractivity contribution in [2.45, 2.75) is 6.61 Å². The van der Waals surface area contributed by atoms with Crippen molar-refractivity contribution in [3.05, 3.63) is 50.1 Å². The zero-order valence-corrected chi connectivity index (χ0v) is 13.9. The van der Waals surface area contributed by atoms with Crippen molar-refractivity contribution in [1.29, 1.82) is 0 Å². The number of rotatable bonds is 4. The minimum absolute atomic E-state index is 0.345. The minimum atomic E-state index is 0.345. The molecule has 0 aliphatic rings. The monoisotopic (exact) mass is 405 g/mol. The fraction of sp³-hybridized carbons (Fsp3) is 0.154. The molecular weight excluding hydrogens is 397 g/mol. The Hall–Kier alpha value is -0.780. The Balaban J connectivity index is 2.13. The highest BCUT2D eigenvalue weighted by atomic mass is 79.9. The second-order valence-corrected chi connectivity index (χ2v) is 5.75. The van der Waals surface area contributed by atoms with Crippen molar-refractivity contribution in [3.8, 4) is 11.5 Å². The highest BCUT2D eigenvalue weighted by molar-refractivity contribution is 9.11. The van der Waals surface area contributed by atoms with Gasteiger partial charge < -0.3 is 9.47 Å². The van der Waals surface area contributed by atoms with Crippen LogP contribution >= 0.6 is 43.5 Å². The molecule has 0 radical (unpaired) electrons. The van der Waals surface area contributed by atoms with E-state index in [0.717, 1.165) is 20.4 Å². The number of methoxy groups -OCH3 is 1. The van der Waals surface area contributed by atoms with E-state index in [1.807, 2.05) is 24.3 Å². The smallest absolute Gasteiger partial charge is 0.135 e. The van der Waals surface area contributed by atoms with E-state index >= 15 is 0 Å². The Morgan fingerprint density at radius 3 is 2.53 bits per heavy atom. The lowest BCUT2D eigenvalue weighted by molar-refractivity contribution is 0.298. The molecule has 0 unspecified atom stereocenters. The number of ether oxygens (including phenoxy) is 2. The lowest BCUT2D eigenvalue weighted by atomic mass is 10.3. The molecule has 1 aromatic heterocycles. The zero-order chi connectivity index (χ0) is 13.8. The molecule has 0 fully saturated rings. The molecule has 6 heteroatoms. The molecule has 2 aromatic rings. The summed E-state index contributed by atoms with van der Waals surface area (Å²) in [4.78, 5) is 4.16. The van der Waals surface area contributed by atoms with Gasteiger partial charge in [-0.2, -0.15) is 0 Å². The van der Waals surface area contributed by atoms with Gasteiger partial charge in [0.05, 0.1) is 21.7 Å². The minimum Gasteiger partial charge on any atom is -0.496 e. The van der Waals surface area contributed by atoms with Gasteiger partial charge in [0, 0.05) is 0 Å².